The van der Waals surface area contributed by atoms with Crippen LogP contribution in [0.2, 0.25) is 0 Å². The summed E-state index contributed by atoms with van der Waals surface area (Å²) in [7, 11) is 1.62. The molecule has 6 heteroatoms. The Bertz CT molecular complexity index is 401. The third-order valence-corrected chi connectivity index (χ3v) is 2.77. The molecule has 120 valence electrons. The molecule has 0 saturated heterocycles. The molecule has 0 unspecified atom stereocenters. The second-order valence-corrected chi connectivity index (χ2v) is 4.51. The van der Waals surface area contributed by atoms with Gasteiger partial charge in [-0.15, -0.1) is 0 Å². The van der Waals surface area contributed by atoms with E-state index in [-0.39, 0.29) is 18.4 Å². The highest BCUT2D eigenvalue weighted by molar-refractivity contribution is 5.36. The van der Waals surface area contributed by atoms with Crippen molar-refractivity contribution in [2.45, 2.75) is 13.0 Å². The lowest BCUT2D eigenvalue weighted by Gasteiger charge is -2.14. The number of methoxy groups -OCH3 is 1. The summed E-state index contributed by atoms with van der Waals surface area (Å²) in [6.45, 7) is 4.48. The van der Waals surface area contributed by atoms with Gasteiger partial charge in [-0.2, -0.15) is 0 Å². The zero-order valence-corrected chi connectivity index (χ0v) is 12.6. The number of para-hydroxylation sites is 1. The molecule has 1 atom stereocenters. The second-order valence-electron chi connectivity index (χ2n) is 4.51. The van der Waals surface area contributed by atoms with Crippen LogP contribution in [0, 0.1) is 5.82 Å². The van der Waals surface area contributed by atoms with Crippen molar-refractivity contribution >= 4 is 0 Å². The number of rotatable bonds is 11. The van der Waals surface area contributed by atoms with E-state index in [1.165, 1.54) is 6.07 Å². The van der Waals surface area contributed by atoms with Crippen LogP contribution in [0.1, 0.15) is 18.5 Å². The van der Waals surface area contributed by atoms with Crippen molar-refractivity contribution in [2.24, 2.45) is 5.73 Å². The Labute approximate surface area is 125 Å². The van der Waals surface area contributed by atoms with Gasteiger partial charge in [0.15, 0.2) is 11.6 Å². The maximum absolute atomic E-state index is 13.7. The van der Waals surface area contributed by atoms with Gasteiger partial charge in [0, 0.05) is 18.7 Å². The van der Waals surface area contributed by atoms with Crippen LogP contribution in [0.15, 0.2) is 18.2 Å². The summed E-state index contributed by atoms with van der Waals surface area (Å²) in [5.74, 6) is -0.208. The van der Waals surface area contributed by atoms with Crippen LogP contribution in [-0.4, -0.2) is 46.8 Å². The molecule has 0 radical (unpaired) electrons. The molecule has 0 fully saturated rings. The lowest BCUT2D eigenvalue weighted by molar-refractivity contribution is 0.0176. The van der Waals surface area contributed by atoms with Crippen molar-refractivity contribution in [2.75, 3.05) is 46.8 Å². The molecule has 0 aromatic heterocycles. The molecular formula is C15H24FNO4. The summed E-state index contributed by atoms with van der Waals surface area (Å²) < 4.78 is 34.6. The minimum Gasteiger partial charge on any atom is -0.488 e. The number of hydrogen-bond donors (Lipinski definition) is 1. The Morgan fingerprint density at radius 1 is 1.05 bits per heavy atom. The fraction of sp³-hybridized carbons (Fsp3) is 0.600. The molecule has 21 heavy (non-hydrogen) atoms. The van der Waals surface area contributed by atoms with Crippen molar-refractivity contribution in [3.05, 3.63) is 29.6 Å². The SMILES string of the molecule is COCCOCCOCCOc1c(F)cccc1[C@@H](C)N. The highest BCUT2D eigenvalue weighted by Crippen LogP contribution is 2.26. The molecule has 1 aromatic rings. The number of ether oxygens (including phenoxy) is 4. The van der Waals surface area contributed by atoms with Crippen molar-refractivity contribution < 1.29 is 23.3 Å². The van der Waals surface area contributed by atoms with E-state index >= 15 is 0 Å². The van der Waals surface area contributed by atoms with Crippen molar-refractivity contribution in [3.63, 3.8) is 0 Å². The molecule has 2 N–H and O–H groups in total. The van der Waals surface area contributed by atoms with Crippen LogP contribution in [0.3, 0.4) is 0 Å². The first-order valence-corrected chi connectivity index (χ1v) is 6.98. The van der Waals surface area contributed by atoms with E-state index in [1.807, 2.05) is 0 Å². The average Bonchev–Trinajstić information content (AvgIpc) is 2.46. The Hall–Kier alpha value is -1.21. The number of benzene rings is 1. The highest BCUT2D eigenvalue weighted by Gasteiger charge is 2.12. The zero-order chi connectivity index (χ0) is 15.5. The minimum absolute atomic E-state index is 0.201. The number of halogens is 1. The van der Waals surface area contributed by atoms with Crippen molar-refractivity contribution in [1.82, 2.24) is 0 Å². The lowest BCUT2D eigenvalue weighted by Crippen LogP contribution is -2.14. The van der Waals surface area contributed by atoms with E-state index in [9.17, 15) is 4.39 Å². The van der Waals surface area contributed by atoms with Crippen LogP contribution < -0.4 is 10.5 Å². The Morgan fingerprint density at radius 3 is 2.29 bits per heavy atom. The zero-order valence-electron chi connectivity index (χ0n) is 12.6. The Morgan fingerprint density at radius 2 is 1.67 bits per heavy atom. The molecule has 0 aliphatic carbocycles. The van der Waals surface area contributed by atoms with E-state index in [0.29, 0.717) is 38.6 Å². The van der Waals surface area contributed by atoms with Gasteiger partial charge in [0.05, 0.1) is 33.0 Å². The van der Waals surface area contributed by atoms with E-state index in [4.69, 9.17) is 24.7 Å². The summed E-state index contributed by atoms with van der Waals surface area (Å²) in [5.41, 5.74) is 6.44. The van der Waals surface area contributed by atoms with E-state index in [0.717, 1.165) is 0 Å². The van der Waals surface area contributed by atoms with Crippen LogP contribution in [-0.2, 0) is 14.2 Å². The van der Waals surface area contributed by atoms with E-state index in [1.54, 1.807) is 26.2 Å². The second kappa shape index (κ2) is 10.5. The molecular weight excluding hydrogens is 277 g/mol. The first-order valence-electron chi connectivity index (χ1n) is 6.98. The maximum atomic E-state index is 13.7. The summed E-state index contributed by atoms with van der Waals surface area (Å²) in [5, 5.41) is 0. The molecule has 0 amide bonds. The minimum atomic E-state index is -0.410. The fourth-order valence-corrected chi connectivity index (χ4v) is 1.70. The predicted molar refractivity (Wildman–Crippen MR) is 78.0 cm³/mol. The molecule has 0 bridgehead atoms. The largest absolute Gasteiger partial charge is 0.488 e. The van der Waals surface area contributed by atoms with Crippen LogP contribution in [0.25, 0.3) is 0 Å². The summed E-state index contributed by atoms with van der Waals surface area (Å²) in [6, 6.07) is 4.44. The third kappa shape index (κ3) is 6.86. The molecule has 0 aliphatic heterocycles. The van der Waals surface area contributed by atoms with Gasteiger partial charge in [-0.1, -0.05) is 12.1 Å². The monoisotopic (exact) mass is 301 g/mol. The third-order valence-electron chi connectivity index (χ3n) is 2.77. The average molecular weight is 301 g/mol. The molecule has 1 rings (SSSR count). The fourth-order valence-electron chi connectivity index (χ4n) is 1.70. The van der Waals surface area contributed by atoms with Crippen LogP contribution in [0.5, 0.6) is 5.75 Å². The van der Waals surface area contributed by atoms with Gasteiger partial charge < -0.3 is 24.7 Å². The molecule has 1 aromatic carbocycles. The molecule has 0 saturated carbocycles. The molecule has 5 nitrogen and oxygen atoms in total. The van der Waals surface area contributed by atoms with E-state index < -0.39 is 5.82 Å². The predicted octanol–water partition coefficient (Wildman–Crippen LogP) is 1.90. The van der Waals surface area contributed by atoms with Gasteiger partial charge in [-0.25, -0.2) is 4.39 Å². The number of hydrogen-bond acceptors (Lipinski definition) is 5. The summed E-state index contributed by atoms with van der Waals surface area (Å²) in [6.07, 6.45) is 0. The van der Waals surface area contributed by atoms with Gasteiger partial charge in [0.1, 0.15) is 6.61 Å². The summed E-state index contributed by atoms with van der Waals surface area (Å²) >= 11 is 0. The molecule has 0 heterocycles. The first kappa shape index (κ1) is 17.8. The van der Waals surface area contributed by atoms with E-state index in [2.05, 4.69) is 0 Å². The Kier molecular flexibility index (Phi) is 8.93. The normalized spacial score (nSPS) is 12.4. The number of nitrogens with two attached hydrogens (primary N) is 1. The van der Waals surface area contributed by atoms with Gasteiger partial charge in [0.25, 0.3) is 0 Å². The molecule has 0 aliphatic rings. The van der Waals surface area contributed by atoms with Crippen molar-refractivity contribution in [1.29, 1.82) is 0 Å². The first-order chi connectivity index (χ1) is 10.2. The van der Waals surface area contributed by atoms with Gasteiger partial charge in [-0.05, 0) is 13.0 Å². The standard InChI is InChI=1S/C15H24FNO4/c1-12(17)13-4-3-5-14(16)15(13)21-11-10-20-9-8-19-7-6-18-2/h3-5,12H,6-11,17H2,1-2H3/t12-/m1/s1. The van der Waals surface area contributed by atoms with Crippen molar-refractivity contribution in [3.8, 4) is 5.75 Å². The smallest absolute Gasteiger partial charge is 0.165 e. The van der Waals surface area contributed by atoms with Gasteiger partial charge in [-0.3, -0.25) is 0 Å². The Balaban J connectivity index is 2.21. The van der Waals surface area contributed by atoms with Gasteiger partial charge in [0.2, 0.25) is 0 Å². The lowest BCUT2D eigenvalue weighted by atomic mass is 10.1. The molecule has 0 spiro atoms. The van der Waals surface area contributed by atoms with Crippen LogP contribution >= 0.6 is 0 Å². The quantitative estimate of drug-likeness (QED) is 0.633. The highest BCUT2D eigenvalue weighted by atomic mass is 19.1. The summed E-state index contributed by atoms with van der Waals surface area (Å²) in [4.78, 5) is 0. The topological polar surface area (TPSA) is 62.9 Å². The van der Waals surface area contributed by atoms with Gasteiger partial charge >= 0.3 is 0 Å². The van der Waals surface area contributed by atoms with Crippen LogP contribution in [0.4, 0.5) is 4.39 Å². The maximum Gasteiger partial charge on any atom is 0.165 e.